The molecule has 1 aliphatic carbocycles. The zero-order valence-electron chi connectivity index (χ0n) is 15.5. The van der Waals surface area contributed by atoms with E-state index in [4.69, 9.17) is 16.3 Å². The fourth-order valence-corrected chi connectivity index (χ4v) is 4.23. The summed E-state index contributed by atoms with van der Waals surface area (Å²) < 4.78 is 4.87. The molecule has 0 bridgehead atoms. The highest BCUT2D eigenvalue weighted by Crippen LogP contribution is 2.50. The Hall–Kier alpha value is -1.85. The van der Waals surface area contributed by atoms with Crippen molar-refractivity contribution in [2.24, 2.45) is 5.41 Å². The van der Waals surface area contributed by atoms with Gasteiger partial charge in [-0.3, -0.25) is 4.79 Å². The van der Waals surface area contributed by atoms with Crippen LogP contribution in [-0.4, -0.2) is 41.6 Å². The summed E-state index contributed by atoms with van der Waals surface area (Å²) in [4.78, 5) is 26.9. The molecule has 0 amide bonds. The highest BCUT2D eigenvalue weighted by molar-refractivity contribution is 6.30. The van der Waals surface area contributed by atoms with Crippen molar-refractivity contribution >= 4 is 23.4 Å². The van der Waals surface area contributed by atoms with Gasteiger partial charge in [-0.2, -0.15) is 0 Å². The van der Waals surface area contributed by atoms with E-state index in [2.05, 4.69) is 0 Å². The second-order valence-corrected chi connectivity index (χ2v) is 8.41. The molecule has 0 radical (unpaired) electrons. The van der Waals surface area contributed by atoms with Gasteiger partial charge in [0, 0.05) is 42.1 Å². The number of ether oxygens (including phenoxy) is 1. The van der Waals surface area contributed by atoms with Crippen LogP contribution in [0.1, 0.15) is 44.6 Å². The number of methoxy groups -OCH3 is 1. The summed E-state index contributed by atoms with van der Waals surface area (Å²) in [6.07, 6.45) is 1.11. The number of esters is 1. The summed E-state index contributed by atoms with van der Waals surface area (Å²) in [6.45, 7) is 4.04. The fourth-order valence-electron chi connectivity index (χ4n) is 4.11. The first-order valence-electron chi connectivity index (χ1n) is 8.65. The van der Waals surface area contributed by atoms with Crippen LogP contribution in [0.4, 0.5) is 0 Å². The van der Waals surface area contributed by atoms with E-state index >= 15 is 0 Å². The molecule has 26 heavy (non-hydrogen) atoms. The third-order valence-corrected chi connectivity index (χ3v) is 5.73. The molecule has 2 aliphatic rings. The lowest BCUT2D eigenvalue weighted by Gasteiger charge is -2.49. The molecule has 3 rings (SSSR count). The van der Waals surface area contributed by atoms with Gasteiger partial charge in [0.25, 0.3) is 0 Å². The minimum atomic E-state index is -1.81. The molecule has 6 heteroatoms. The molecule has 0 fully saturated rings. The topological polar surface area (TPSA) is 66.8 Å². The number of hydrogen-bond acceptors (Lipinski definition) is 5. The van der Waals surface area contributed by atoms with Gasteiger partial charge in [0.1, 0.15) is 0 Å². The Labute approximate surface area is 158 Å². The maximum atomic E-state index is 13.0. The van der Waals surface area contributed by atoms with E-state index in [9.17, 15) is 14.7 Å². The Morgan fingerprint density at radius 1 is 1.27 bits per heavy atom. The van der Waals surface area contributed by atoms with Crippen LogP contribution in [0.25, 0.3) is 0 Å². The Kier molecular flexibility index (Phi) is 4.65. The second-order valence-electron chi connectivity index (χ2n) is 7.98. The summed E-state index contributed by atoms with van der Waals surface area (Å²) in [6, 6.07) is 7.19. The first kappa shape index (κ1) is 18.9. The minimum Gasteiger partial charge on any atom is -0.465 e. The first-order valence-corrected chi connectivity index (χ1v) is 9.03. The van der Waals surface area contributed by atoms with E-state index < -0.39 is 11.7 Å². The molecule has 1 aromatic rings. The Morgan fingerprint density at radius 3 is 2.46 bits per heavy atom. The Bertz CT molecular complexity index is 784. The molecule has 0 saturated heterocycles. The lowest BCUT2D eigenvalue weighted by Crippen LogP contribution is -2.58. The zero-order chi connectivity index (χ0) is 19.3. The van der Waals surface area contributed by atoms with Crippen molar-refractivity contribution in [2.75, 3.05) is 14.2 Å². The number of ketones is 1. The summed E-state index contributed by atoms with van der Waals surface area (Å²) in [5, 5.41) is 11.8. The number of Topliss-reactive ketones (excluding diaryl/α,β-unsaturated/α-hetero) is 1. The number of benzene rings is 1. The highest BCUT2D eigenvalue weighted by atomic mass is 35.5. The number of carbonyl (C=O) groups excluding carboxylic acids is 2. The second kappa shape index (κ2) is 6.39. The average Bonchev–Trinajstić information content (AvgIpc) is 2.57. The van der Waals surface area contributed by atoms with E-state index in [1.807, 2.05) is 26.0 Å². The maximum absolute atomic E-state index is 13.0. The zero-order valence-corrected chi connectivity index (χ0v) is 16.3. The van der Waals surface area contributed by atoms with Crippen molar-refractivity contribution in [1.29, 1.82) is 0 Å². The smallest absolute Gasteiger partial charge is 0.359 e. The molecule has 1 heterocycles. The Morgan fingerprint density at radius 2 is 1.88 bits per heavy atom. The molecule has 1 aromatic carbocycles. The van der Waals surface area contributed by atoms with Gasteiger partial charge in [0.05, 0.1) is 7.11 Å². The number of rotatable bonds is 2. The summed E-state index contributed by atoms with van der Waals surface area (Å²) >= 11 is 6.00. The number of hydrogen-bond donors (Lipinski definition) is 1. The van der Waals surface area contributed by atoms with Gasteiger partial charge >= 0.3 is 5.97 Å². The largest absolute Gasteiger partial charge is 0.465 e. The highest BCUT2D eigenvalue weighted by Gasteiger charge is 2.53. The van der Waals surface area contributed by atoms with Crippen LogP contribution in [0, 0.1) is 5.41 Å². The van der Waals surface area contributed by atoms with Crippen molar-refractivity contribution < 1.29 is 19.4 Å². The van der Waals surface area contributed by atoms with E-state index in [1.54, 1.807) is 19.2 Å². The lowest BCUT2D eigenvalue weighted by molar-refractivity contribution is -0.185. The summed E-state index contributed by atoms with van der Waals surface area (Å²) in [5.41, 5.74) is 0.202. The lowest BCUT2D eigenvalue weighted by atomic mass is 9.67. The molecule has 2 atom stereocenters. The molecule has 0 spiro atoms. The van der Waals surface area contributed by atoms with E-state index in [0.29, 0.717) is 29.1 Å². The molecule has 5 nitrogen and oxygen atoms in total. The van der Waals surface area contributed by atoms with E-state index in [0.717, 1.165) is 5.56 Å². The van der Waals surface area contributed by atoms with Crippen LogP contribution < -0.4 is 0 Å². The molecular formula is C20H24ClNO4. The maximum Gasteiger partial charge on any atom is 0.359 e. The van der Waals surface area contributed by atoms with Gasteiger partial charge in [0.15, 0.2) is 5.78 Å². The number of likely N-dealkylation sites (N-methyl/N-ethyl adjacent to an activating group) is 1. The van der Waals surface area contributed by atoms with Crippen LogP contribution in [0.5, 0.6) is 0 Å². The third-order valence-electron chi connectivity index (χ3n) is 5.48. The number of halogens is 1. The van der Waals surface area contributed by atoms with Crippen molar-refractivity contribution in [3.8, 4) is 0 Å². The predicted molar refractivity (Wildman–Crippen MR) is 98.6 cm³/mol. The van der Waals surface area contributed by atoms with Gasteiger partial charge < -0.3 is 14.7 Å². The SMILES string of the molecule is COC(=O)[C@@]1(O)C[C@@H](c2ccc(Cl)cc2)C2=C(CC(C)(C)CC2=O)N1C. The molecule has 140 valence electrons. The van der Waals surface area contributed by atoms with Gasteiger partial charge in [-0.15, -0.1) is 0 Å². The minimum absolute atomic E-state index is 0.0583. The molecule has 0 saturated carbocycles. The number of aliphatic hydroxyl groups is 1. The predicted octanol–water partition coefficient (Wildman–Crippen LogP) is 3.26. The number of nitrogens with zero attached hydrogens (tertiary/aromatic N) is 1. The standard InChI is InChI=1S/C20H24ClNO4/c1-19(2)10-15-17(16(23)11-19)14(12-5-7-13(21)8-6-12)9-20(25,22(15)3)18(24)26-4/h5-8,14,25H,9-11H2,1-4H3/t14-,20-/m0/s1. The van der Waals surface area contributed by atoms with Gasteiger partial charge in [-0.25, -0.2) is 4.79 Å². The summed E-state index contributed by atoms with van der Waals surface area (Å²) in [7, 11) is 2.91. The van der Waals surface area contributed by atoms with Crippen LogP contribution in [0.15, 0.2) is 35.5 Å². The monoisotopic (exact) mass is 377 g/mol. The number of carbonyl (C=O) groups is 2. The van der Waals surface area contributed by atoms with Gasteiger partial charge in [-0.05, 0) is 29.5 Å². The normalized spacial score (nSPS) is 28.0. The van der Waals surface area contributed by atoms with Crippen molar-refractivity contribution in [2.45, 2.75) is 44.8 Å². The van der Waals surface area contributed by atoms with Gasteiger partial charge in [0.2, 0.25) is 5.72 Å². The molecule has 1 aliphatic heterocycles. The van der Waals surface area contributed by atoms with Crippen molar-refractivity contribution in [3.63, 3.8) is 0 Å². The van der Waals surface area contributed by atoms with Crippen LogP contribution in [-0.2, 0) is 14.3 Å². The quantitative estimate of drug-likeness (QED) is 0.801. The summed E-state index contributed by atoms with van der Waals surface area (Å²) in [5.74, 6) is -1.04. The Balaban J connectivity index is 2.18. The van der Waals surface area contributed by atoms with E-state index in [1.165, 1.54) is 12.0 Å². The fraction of sp³-hybridized carbons (Fsp3) is 0.500. The molecular weight excluding hydrogens is 354 g/mol. The van der Waals surface area contributed by atoms with Crippen molar-refractivity contribution in [1.82, 2.24) is 4.90 Å². The van der Waals surface area contributed by atoms with Crippen molar-refractivity contribution in [3.05, 3.63) is 46.1 Å². The van der Waals surface area contributed by atoms with E-state index in [-0.39, 0.29) is 23.5 Å². The molecule has 1 N–H and O–H groups in total. The molecule has 0 aromatic heterocycles. The number of allylic oxidation sites excluding steroid dienone is 2. The van der Waals surface area contributed by atoms with Gasteiger partial charge in [-0.1, -0.05) is 37.6 Å². The average molecular weight is 378 g/mol. The van der Waals surface area contributed by atoms with Crippen LogP contribution >= 0.6 is 11.6 Å². The van der Waals surface area contributed by atoms with Crippen LogP contribution in [0.2, 0.25) is 5.02 Å². The molecule has 0 unspecified atom stereocenters. The van der Waals surface area contributed by atoms with Crippen LogP contribution in [0.3, 0.4) is 0 Å². The first-order chi connectivity index (χ1) is 12.1. The third kappa shape index (κ3) is 3.03.